The maximum Gasteiger partial charge on any atom is 0.225 e. The first-order valence-corrected chi connectivity index (χ1v) is 7.98. The Bertz CT molecular complexity index is 796. The van der Waals surface area contributed by atoms with Gasteiger partial charge in [-0.3, -0.25) is 0 Å². The van der Waals surface area contributed by atoms with E-state index in [1.165, 1.54) is 11.1 Å². The molecule has 4 rings (SSSR count). The summed E-state index contributed by atoms with van der Waals surface area (Å²) in [6, 6.07) is 10.8. The van der Waals surface area contributed by atoms with Crippen molar-refractivity contribution < 1.29 is 0 Å². The van der Waals surface area contributed by atoms with E-state index in [0.717, 1.165) is 29.0 Å². The van der Waals surface area contributed by atoms with Crippen LogP contribution in [0.15, 0.2) is 35.7 Å². The first-order chi connectivity index (χ1) is 10.3. The van der Waals surface area contributed by atoms with Gasteiger partial charge in [0, 0.05) is 19.5 Å². The van der Waals surface area contributed by atoms with Crippen LogP contribution < -0.4 is 10.6 Å². The average Bonchev–Trinajstić information content (AvgIpc) is 2.96. The fourth-order valence-corrected chi connectivity index (χ4v) is 3.63. The van der Waals surface area contributed by atoms with Crippen LogP contribution in [0.5, 0.6) is 0 Å². The Hall–Kier alpha value is -2.14. The van der Waals surface area contributed by atoms with Gasteiger partial charge < -0.3 is 10.6 Å². The van der Waals surface area contributed by atoms with Crippen LogP contribution in [0.4, 0.5) is 11.8 Å². The maximum atomic E-state index is 4.55. The van der Waals surface area contributed by atoms with Crippen LogP contribution in [0.3, 0.4) is 0 Å². The summed E-state index contributed by atoms with van der Waals surface area (Å²) in [5.74, 6) is 2.18. The predicted octanol–water partition coefficient (Wildman–Crippen LogP) is 3.48. The minimum Gasteiger partial charge on any atom is -0.369 e. The van der Waals surface area contributed by atoms with Gasteiger partial charge in [-0.1, -0.05) is 24.3 Å². The Kier molecular flexibility index (Phi) is 3.00. The minimum atomic E-state index is 0.586. The molecule has 3 aromatic rings. The van der Waals surface area contributed by atoms with E-state index >= 15 is 0 Å². The van der Waals surface area contributed by atoms with Crippen LogP contribution in [-0.2, 0) is 6.42 Å². The smallest absolute Gasteiger partial charge is 0.225 e. The van der Waals surface area contributed by atoms with Crippen molar-refractivity contribution >= 4 is 33.3 Å². The Balaban J connectivity index is 1.57. The van der Waals surface area contributed by atoms with Gasteiger partial charge in [-0.2, -0.15) is 4.98 Å². The lowest BCUT2D eigenvalue weighted by Gasteiger charge is -2.30. The number of rotatable bonds is 4. The average molecular weight is 296 g/mol. The number of benzene rings is 1. The molecule has 1 aliphatic carbocycles. The number of fused-ring (bicyclic) bond motifs is 2. The first-order valence-electron chi connectivity index (χ1n) is 7.10. The van der Waals surface area contributed by atoms with E-state index in [-0.39, 0.29) is 0 Å². The summed E-state index contributed by atoms with van der Waals surface area (Å²) in [5, 5.41) is 9.69. The topological polar surface area (TPSA) is 49.8 Å². The van der Waals surface area contributed by atoms with Gasteiger partial charge in [-0.15, -0.1) is 11.3 Å². The van der Waals surface area contributed by atoms with E-state index in [4.69, 9.17) is 0 Å². The number of nitrogens with zero attached hydrogens (tertiary/aromatic N) is 2. The quantitative estimate of drug-likeness (QED) is 0.774. The van der Waals surface area contributed by atoms with E-state index in [2.05, 4.69) is 56.3 Å². The van der Waals surface area contributed by atoms with Gasteiger partial charge in [0.2, 0.25) is 5.95 Å². The lowest BCUT2D eigenvalue weighted by molar-refractivity contribution is 0.635. The molecule has 0 saturated heterocycles. The fourth-order valence-electron chi connectivity index (χ4n) is 2.87. The number of anilines is 2. The Morgan fingerprint density at radius 1 is 1.24 bits per heavy atom. The molecule has 1 aliphatic rings. The summed E-state index contributed by atoms with van der Waals surface area (Å²) in [5.41, 5.74) is 2.94. The number of nitrogens with one attached hydrogen (secondary N) is 2. The molecule has 0 aliphatic heterocycles. The third kappa shape index (κ3) is 2.14. The van der Waals surface area contributed by atoms with Crippen molar-refractivity contribution in [2.45, 2.75) is 12.3 Å². The van der Waals surface area contributed by atoms with Crippen molar-refractivity contribution in [3.63, 3.8) is 0 Å². The maximum absolute atomic E-state index is 4.55. The Morgan fingerprint density at radius 2 is 2.14 bits per heavy atom. The second-order valence-corrected chi connectivity index (χ2v) is 6.16. The lowest BCUT2D eigenvalue weighted by atomic mass is 9.77. The van der Waals surface area contributed by atoms with Crippen LogP contribution in [0, 0.1) is 0 Å². The second kappa shape index (κ2) is 5.00. The fraction of sp³-hybridized carbons (Fsp3) is 0.250. The van der Waals surface area contributed by atoms with Gasteiger partial charge in [0.15, 0.2) is 0 Å². The molecule has 0 bridgehead atoms. The predicted molar refractivity (Wildman–Crippen MR) is 88.3 cm³/mol. The largest absolute Gasteiger partial charge is 0.369 e. The molecule has 4 nitrogen and oxygen atoms in total. The minimum absolute atomic E-state index is 0.586. The summed E-state index contributed by atoms with van der Waals surface area (Å²) >= 11 is 1.64. The van der Waals surface area contributed by atoms with Crippen molar-refractivity contribution in [1.29, 1.82) is 0 Å². The van der Waals surface area contributed by atoms with Gasteiger partial charge in [-0.25, -0.2) is 4.98 Å². The van der Waals surface area contributed by atoms with Gasteiger partial charge in [0.1, 0.15) is 10.6 Å². The lowest BCUT2D eigenvalue weighted by Crippen LogP contribution is -2.24. The molecule has 5 heteroatoms. The molecule has 0 radical (unpaired) electrons. The highest BCUT2D eigenvalue weighted by Gasteiger charge is 2.25. The highest BCUT2D eigenvalue weighted by Crippen LogP contribution is 2.35. The summed E-state index contributed by atoms with van der Waals surface area (Å²) in [6.07, 6.45) is 1.15. The van der Waals surface area contributed by atoms with Gasteiger partial charge in [-0.05, 0) is 29.0 Å². The molecule has 106 valence electrons. The zero-order chi connectivity index (χ0) is 14.2. The first kappa shape index (κ1) is 12.6. The summed E-state index contributed by atoms with van der Waals surface area (Å²) in [6.45, 7) is 0.919. The van der Waals surface area contributed by atoms with Crippen molar-refractivity contribution in [3.05, 3.63) is 46.8 Å². The third-order valence-corrected chi connectivity index (χ3v) is 4.83. The monoisotopic (exact) mass is 296 g/mol. The van der Waals surface area contributed by atoms with Crippen molar-refractivity contribution in [2.24, 2.45) is 0 Å². The van der Waals surface area contributed by atoms with Gasteiger partial charge in [0.05, 0.1) is 5.39 Å². The number of aromatic nitrogens is 2. The molecule has 0 amide bonds. The normalized spacial score (nSPS) is 16.3. The number of hydrogen-bond acceptors (Lipinski definition) is 5. The summed E-state index contributed by atoms with van der Waals surface area (Å²) < 4.78 is 0. The molecule has 21 heavy (non-hydrogen) atoms. The third-order valence-electron chi connectivity index (χ3n) is 4.03. The van der Waals surface area contributed by atoms with Gasteiger partial charge >= 0.3 is 0 Å². The molecular weight excluding hydrogens is 280 g/mol. The summed E-state index contributed by atoms with van der Waals surface area (Å²) in [7, 11) is 1.85. The van der Waals surface area contributed by atoms with Gasteiger partial charge in [0.25, 0.3) is 0 Å². The Morgan fingerprint density at radius 3 is 3.00 bits per heavy atom. The standard InChI is InChI=1S/C16H16N4S/c1-17-16-19-14(13-6-7-21-15(13)20-16)18-9-11-8-10-4-2-3-5-12(10)11/h2-7,11H,8-9H2,1H3,(H2,17,18,19,20). The molecule has 0 fully saturated rings. The highest BCUT2D eigenvalue weighted by molar-refractivity contribution is 7.16. The van der Waals surface area contributed by atoms with Crippen LogP contribution in [-0.4, -0.2) is 23.6 Å². The molecule has 0 spiro atoms. The molecular formula is C16H16N4S. The zero-order valence-corrected chi connectivity index (χ0v) is 12.6. The highest BCUT2D eigenvalue weighted by atomic mass is 32.1. The van der Waals surface area contributed by atoms with Crippen molar-refractivity contribution in [2.75, 3.05) is 24.2 Å². The van der Waals surface area contributed by atoms with Crippen molar-refractivity contribution in [1.82, 2.24) is 9.97 Å². The van der Waals surface area contributed by atoms with E-state index in [9.17, 15) is 0 Å². The van der Waals surface area contributed by atoms with Crippen LogP contribution in [0.25, 0.3) is 10.2 Å². The molecule has 1 aromatic carbocycles. The number of thiophene rings is 1. The zero-order valence-electron chi connectivity index (χ0n) is 11.8. The Labute approximate surface area is 127 Å². The molecule has 2 heterocycles. The van der Waals surface area contributed by atoms with E-state index in [0.29, 0.717) is 11.9 Å². The molecule has 2 aromatic heterocycles. The van der Waals surface area contributed by atoms with Crippen molar-refractivity contribution in [3.8, 4) is 0 Å². The van der Waals surface area contributed by atoms with E-state index < -0.39 is 0 Å². The van der Waals surface area contributed by atoms with E-state index in [1.807, 2.05) is 7.05 Å². The summed E-state index contributed by atoms with van der Waals surface area (Å²) in [4.78, 5) is 10.0. The molecule has 1 unspecified atom stereocenters. The van der Waals surface area contributed by atoms with Crippen LogP contribution >= 0.6 is 11.3 Å². The molecule has 1 atom stereocenters. The van der Waals surface area contributed by atoms with Crippen LogP contribution in [0.1, 0.15) is 17.0 Å². The van der Waals surface area contributed by atoms with E-state index in [1.54, 1.807) is 11.3 Å². The number of hydrogen-bond donors (Lipinski definition) is 2. The SMILES string of the molecule is CNc1nc(NCC2Cc3ccccc32)c2ccsc2n1. The molecule has 2 N–H and O–H groups in total. The second-order valence-electron chi connectivity index (χ2n) is 5.27. The van der Waals surface area contributed by atoms with Crippen LogP contribution in [0.2, 0.25) is 0 Å². The molecule has 0 saturated carbocycles.